The lowest BCUT2D eigenvalue weighted by Crippen LogP contribution is -1.97. The van der Waals surface area contributed by atoms with Crippen molar-refractivity contribution >= 4 is 52.2 Å². The van der Waals surface area contributed by atoms with Crippen LogP contribution in [0.15, 0.2) is 48.7 Å². The Kier molecular flexibility index (Phi) is 5.16. The van der Waals surface area contributed by atoms with Crippen molar-refractivity contribution in [1.29, 1.82) is 0 Å². The van der Waals surface area contributed by atoms with Crippen LogP contribution in [0.3, 0.4) is 0 Å². The molecule has 0 amide bonds. The number of aromatic nitrogens is 1. The maximum atomic E-state index is 11.4. The second-order valence-corrected chi connectivity index (χ2v) is 6.67. The van der Waals surface area contributed by atoms with Gasteiger partial charge in [0.15, 0.2) is 0 Å². The van der Waals surface area contributed by atoms with E-state index in [2.05, 4.69) is 4.98 Å². The number of hydrogen-bond acceptors (Lipinski definition) is 3. The van der Waals surface area contributed by atoms with Gasteiger partial charge in [0.2, 0.25) is 0 Å². The predicted octanol–water partition coefficient (Wildman–Crippen LogP) is 6.94. The molecule has 1 aromatic heterocycles. The van der Waals surface area contributed by atoms with E-state index in [9.17, 15) is 10.1 Å². The molecule has 8 heteroatoms. The molecule has 4 nitrogen and oxygen atoms in total. The first-order valence-electron chi connectivity index (χ1n) is 6.93. The molecular weight excluding hydrogens is 406 g/mol. The molecule has 0 saturated carbocycles. The van der Waals surface area contributed by atoms with Crippen molar-refractivity contribution in [3.05, 3.63) is 78.9 Å². The average molecular weight is 414 g/mol. The average Bonchev–Trinajstić information content (AvgIpc) is 2.54. The summed E-state index contributed by atoms with van der Waals surface area (Å²) in [6.07, 6.45) is 1.35. The van der Waals surface area contributed by atoms with Crippen molar-refractivity contribution < 1.29 is 4.92 Å². The third-order valence-corrected chi connectivity index (χ3v) is 4.78. The first-order chi connectivity index (χ1) is 11.9. The van der Waals surface area contributed by atoms with E-state index in [1.807, 2.05) is 0 Å². The third-order valence-electron chi connectivity index (χ3n) is 3.52. The van der Waals surface area contributed by atoms with Crippen LogP contribution in [0.25, 0.3) is 22.3 Å². The van der Waals surface area contributed by atoms with Crippen molar-refractivity contribution in [2.75, 3.05) is 0 Å². The minimum Gasteiger partial charge on any atom is -0.358 e. The summed E-state index contributed by atoms with van der Waals surface area (Å²) in [7, 11) is 0. The normalized spacial score (nSPS) is 10.7. The molecular formula is C17H8Cl4N2O2. The predicted molar refractivity (Wildman–Crippen MR) is 102 cm³/mol. The van der Waals surface area contributed by atoms with Crippen LogP contribution >= 0.6 is 46.4 Å². The SMILES string of the molecule is O=[N+]([O-])c1ncc(-c2c(Cl)cccc2Cl)cc1-c1c(Cl)cccc1Cl. The van der Waals surface area contributed by atoms with Gasteiger partial charge in [-0.3, -0.25) is 0 Å². The lowest BCUT2D eigenvalue weighted by Gasteiger charge is -2.10. The van der Waals surface area contributed by atoms with Gasteiger partial charge < -0.3 is 10.1 Å². The maximum absolute atomic E-state index is 11.4. The van der Waals surface area contributed by atoms with E-state index in [1.54, 1.807) is 42.5 Å². The third kappa shape index (κ3) is 3.44. The van der Waals surface area contributed by atoms with E-state index in [0.29, 0.717) is 26.7 Å². The second kappa shape index (κ2) is 7.18. The minimum absolute atomic E-state index is 0.189. The lowest BCUT2D eigenvalue weighted by molar-refractivity contribution is -0.388. The van der Waals surface area contributed by atoms with Gasteiger partial charge >= 0.3 is 5.82 Å². The maximum Gasteiger partial charge on any atom is 0.371 e. The summed E-state index contributed by atoms with van der Waals surface area (Å²) in [5.41, 5.74) is 1.56. The summed E-state index contributed by atoms with van der Waals surface area (Å²) in [6, 6.07) is 11.5. The Hall–Kier alpha value is -1.85. The van der Waals surface area contributed by atoms with Gasteiger partial charge in [-0.15, -0.1) is 0 Å². The summed E-state index contributed by atoms with van der Waals surface area (Å²) in [6.45, 7) is 0. The highest BCUT2D eigenvalue weighted by atomic mass is 35.5. The minimum atomic E-state index is -0.590. The molecule has 3 rings (SSSR count). The molecule has 126 valence electrons. The first-order valence-corrected chi connectivity index (χ1v) is 8.44. The molecule has 0 aliphatic carbocycles. The van der Waals surface area contributed by atoms with Crippen molar-refractivity contribution in [2.45, 2.75) is 0 Å². The van der Waals surface area contributed by atoms with Gasteiger partial charge in [0.1, 0.15) is 6.20 Å². The van der Waals surface area contributed by atoms with Crippen LogP contribution in [-0.2, 0) is 0 Å². The summed E-state index contributed by atoms with van der Waals surface area (Å²) >= 11 is 24.9. The van der Waals surface area contributed by atoms with Crippen LogP contribution in [-0.4, -0.2) is 9.91 Å². The molecule has 0 atom stereocenters. The molecule has 0 spiro atoms. The quantitative estimate of drug-likeness (QED) is 0.345. The van der Waals surface area contributed by atoms with Crippen molar-refractivity contribution in [3.8, 4) is 22.3 Å². The molecule has 2 aromatic carbocycles. The Morgan fingerprint density at radius 1 is 0.840 bits per heavy atom. The van der Waals surface area contributed by atoms with Crippen LogP contribution < -0.4 is 0 Å². The Labute approximate surface area is 163 Å². The van der Waals surface area contributed by atoms with Crippen molar-refractivity contribution in [3.63, 3.8) is 0 Å². The molecule has 1 heterocycles. The van der Waals surface area contributed by atoms with Gasteiger partial charge in [-0.2, -0.15) is 0 Å². The van der Waals surface area contributed by atoms with Crippen LogP contribution in [0.5, 0.6) is 0 Å². The topological polar surface area (TPSA) is 56.0 Å². The summed E-state index contributed by atoms with van der Waals surface area (Å²) in [5, 5.41) is 12.8. The van der Waals surface area contributed by atoms with Crippen molar-refractivity contribution in [1.82, 2.24) is 4.98 Å². The monoisotopic (exact) mass is 412 g/mol. The molecule has 0 fully saturated rings. The number of rotatable bonds is 3. The molecule has 3 aromatic rings. The molecule has 25 heavy (non-hydrogen) atoms. The molecule has 0 bridgehead atoms. The fourth-order valence-electron chi connectivity index (χ4n) is 2.45. The highest BCUT2D eigenvalue weighted by Crippen LogP contribution is 2.42. The molecule has 0 aliphatic heterocycles. The van der Waals surface area contributed by atoms with Gasteiger partial charge in [-0.05, 0) is 40.2 Å². The number of nitro groups is 1. The Morgan fingerprint density at radius 3 is 1.80 bits per heavy atom. The first kappa shape index (κ1) is 18.0. The molecule has 0 radical (unpaired) electrons. The van der Waals surface area contributed by atoms with Gasteiger partial charge in [0, 0.05) is 16.7 Å². The van der Waals surface area contributed by atoms with Crippen molar-refractivity contribution in [2.24, 2.45) is 0 Å². The van der Waals surface area contributed by atoms with E-state index >= 15 is 0 Å². The Balaban J connectivity index is 2.33. The highest BCUT2D eigenvalue weighted by molar-refractivity contribution is 6.40. The molecule has 0 aliphatic rings. The highest BCUT2D eigenvalue weighted by Gasteiger charge is 2.23. The Morgan fingerprint density at radius 2 is 1.32 bits per heavy atom. The summed E-state index contributed by atoms with van der Waals surface area (Å²) in [4.78, 5) is 14.8. The van der Waals surface area contributed by atoms with Gasteiger partial charge in [0.25, 0.3) is 0 Å². The number of benzene rings is 2. The van der Waals surface area contributed by atoms with E-state index in [4.69, 9.17) is 46.4 Å². The standard InChI is InChI=1S/C17H8Cl4N2O2/c18-11-3-1-4-12(19)15(11)9-7-10(17(22-8-9)23(24)25)16-13(20)5-2-6-14(16)21/h1-8H. The van der Waals surface area contributed by atoms with Crippen LogP contribution in [0, 0.1) is 10.1 Å². The fourth-order valence-corrected chi connectivity index (χ4v) is 3.67. The molecule has 0 saturated heterocycles. The number of nitrogens with zero attached hydrogens (tertiary/aromatic N) is 2. The zero-order valence-corrected chi connectivity index (χ0v) is 15.4. The summed E-state index contributed by atoms with van der Waals surface area (Å²) < 4.78 is 0. The van der Waals surface area contributed by atoms with E-state index in [-0.39, 0.29) is 21.4 Å². The smallest absolute Gasteiger partial charge is 0.358 e. The Bertz CT molecular complexity index is 952. The van der Waals surface area contributed by atoms with Gasteiger partial charge in [0.05, 0.1) is 25.7 Å². The zero-order chi connectivity index (χ0) is 18.1. The number of pyridine rings is 1. The van der Waals surface area contributed by atoms with E-state index in [1.165, 1.54) is 6.20 Å². The van der Waals surface area contributed by atoms with E-state index in [0.717, 1.165) is 0 Å². The van der Waals surface area contributed by atoms with Crippen LogP contribution in [0.4, 0.5) is 5.82 Å². The summed E-state index contributed by atoms with van der Waals surface area (Å²) in [5.74, 6) is -0.359. The van der Waals surface area contributed by atoms with Crippen LogP contribution in [0.1, 0.15) is 0 Å². The lowest BCUT2D eigenvalue weighted by atomic mass is 10.0. The van der Waals surface area contributed by atoms with Gasteiger partial charge in [-0.1, -0.05) is 58.5 Å². The van der Waals surface area contributed by atoms with E-state index < -0.39 is 4.92 Å². The number of hydrogen-bond donors (Lipinski definition) is 0. The van der Waals surface area contributed by atoms with Crippen LogP contribution in [0.2, 0.25) is 20.1 Å². The number of halogens is 4. The largest absolute Gasteiger partial charge is 0.371 e. The second-order valence-electron chi connectivity index (χ2n) is 5.05. The zero-order valence-electron chi connectivity index (χ0n) is 12.3. The molecule has 0 N–H and O–H groups in total. The molecule has 0 unspecified atom stereocenters. The fraction of sp³-hybridized carbons (Fsp3) is 0. The van der Waals surface area contributed by atoms with Gasteiger partial charge in [-0.25, -0.2) is 0 Å².